The molecule has 3 aromatic heterocycles. The summed E-state index contributed by atoms with van der Waals surface area (Å²) in [6.45, 7) is 4.11. The first-order valence-corrected chi connectivity index (χ1v) is 10.3. The van der Waals surface area contributed by atoms with E-state index in [2.05, 4.69) is 29.4 Å². The van der Waals surface area contributed by atoms with Crippen LogP contribution in [0.1, 0.15) is 27.6 Å². The zero-order valence-electron chi connectivity index (χ0n) is 15.9. The van der Waals surface area contributed by atoms with Crippen LogP contribution in [-0.2, 0) is 6.54 Å². The lowest BCUT2D eigenvalue weighted by Gasteiger charge is -2.03. The third-order valence-electron chi connectivity index (χ3n) is 4.33. The van der Waals surface area contributed by atoms with E-state index in [1.807, 2.05) is 36.6 Å². The van der Waals surface area contributed by atoms with Crippen LogP contribution in [0.5, 0.6) is 5.75 Å². The number of carbonyl (C=O) groups is 1. The predicted molar refractivity (Wildman–Crippen MR) is 111 cm³/mol. The lowest BCUT2D eigenvalue weighted by atomic mass is 10.2. The van der Waals surface area contributed by atoms with Crippen LogP contribution in [0, 0.1) is 13.8 Å². The van der Waals surface area contributed by atoms with E-state index in [4.69, 9.17) is 4.74 Å². The van der Waals surface area contributed by atoms with Crippen LogP contribution in [0.4, 0.5) is 5.13 Å². The largest absolute Gasteiger partial charge is 0.497 e. The van der Waals surface area contributed by atoms with Gasteiger partial charge in [-0.1, -0.05) is 17.3 Å². The number of ether oxygens (including phenoxy) is 1. The van der Waals surface area contributed by atoms with E-state index in [0.717, 1.165) is 40.1 Å². The summed E-state index contributed by atoms with van der Waals surface area (Å²) in [5, 5.41) is 13.3. The van der Waals surface area contributed by atoms with E-state index in [1.54, 1.807) is 18.7 Å². The molecule has 4 aromatic rings. The first-order valence-electron chi connectivity index (χ1n) is 8.64. The molecule has 148 valence electrons. The first kappa shape index (κ1) is 19.2. The van der Waals surface area contributed by atoms with E-state index >= 15 is 0 Å². The molecule has 0 aliphatic rings. The molecule has 1 aromatic carbocycles. The Labute approximate surface area is 174 Å². The summed E-state index contributed by atoms with van der Waals surface area (Å²) < 4.78 is 15.3. The molecule has 1 amide bonds. The van der Waals surface area contributed by atoms with Crippen molar-refractivity contribution in [1.29, 1.82) is 0 Å². The number of aromatic nitrogens is 6. The van der Waals surface area contributed by atoms with Crippen LogP contribution in [0.25, 0.3) is 11.3 Å². The van der Waals surface area contributed by atoms with Crippen LogP contribution in [-0.4, -0.2) is 41.7 Å². The molecule has 0 fully saturated rings. The number of nitrogens with zero attached hydrogens (tertiary/aromatic N) is 6. The molecule has 29 heavy (non-hydrogen) atoms. The number of aryl methyl sites for hydroxylation is 1. The summed E-state index contributed by atoms with van der Waals surface area (Å²) in [5.74, 6) is 0.396. The highest BCUT2D eigenvalue weighted by molar-refractivity contribution is 7.14. The van der Waals surface area contributed by atoms with E-state index in [9.17, 15) is 4.79 Å². The average Bonchev–Trinajstić information content (AvgIpc) is 3.44. The predicted octanol–water partition coefficient (Wildman–Crippen LogP) is 3.18. The third-order valence-corrected chi connectivity index (χ3v) is 5.75. The molecule has 11 heteroatoms. The van der Waals surface area contributed by atoms with Gasteiger partial charge in [-0.15, -0.1) is 16.4 Å². The van der Waals surface area contributed by atoms with Crippen LogP contribution < -0.4 is 10.1 Å². The highest BCUT2D eigenvalue weighted by atomic mass is 32.1. The molecule has 0 saturated carbocycles. The maximum atomic E-state index is 12.7. The van der Waals surface area contributed by atoms with Gasteiger partial charge in [0.1, 0.15) is 5.75 Å². The molecule has 4 rings (SSSR count). The van der Waals surface area contributed by atoms with Gasteiger partial charge in [-0.3, -0.25) is 10.1 Å². The number of benzene rings is 1. The minimum Gasteiger partial charge on any atom is -0.497 e. The van der Waals surface area contributed by atoms with Crippen LogP contribution in [0.2, 0.25) is 0 Å². The molecule has 0 aliphatic carbocycles. The molecule has 0 spiro atoms. The Morgan fingerprint density at radius 1 is 1.28 bits per heavy atom. The summed E-state index contributed by atoms with van der Waals surface area (Å²) in [7, 11) is 1.62. The van der Waals surface area contributed by atoms with Gasteiger partial charge in [-0.05, 0) is 26.0 Å². The van der Waals surface area contributed by atoms with Gasteiger partial charge in [0.2, 0.25) is 0 Å². The Balaban J connectivity index is 1.49. The molecule has 0 aliphatic heterocycles. The normalized spacial score (nSPS) is 10.9. The molecule has 0 bridgehead atoms. The number of nitrogens with one attached hydrogen (secondary N) is 1. The topological polar surface area (TPSA) is 108 Å². The van der Waals surface area contributed by atoms with E-state index in [-0.39, 0.29) is 11.6 Å². The Morgan fingerprint density at radius 2 is 2.14 bits per heavy atom. The zero-order valence-corrected chi connectivity index (χ0v) is 17.5. The summed E-state index contributed by atoms with van der Waals surface area (Å²) in [5.41, 5.74) is 4.25. The minimum absolute atomic E-state index is 0.254. The number of hydrogen-bond acceptors (Lipinski definition) is 9. The van der Waals surface area contributed by atoms with Crippen molar-refractivity contribution < 1.29 is 9.53 Å². The fourth-order valence-electron chi connectivity index (χ4n) is 2.66. The Bertz CT molecular complexity index is 1160. The Kier molecular flexibility index (Phi) is 5.32. The van der Waals surface area contributed by atoms with Gasteiger partial charge < -0.3 is 4.74 Å². The average molecular weight is 428 g/mol. The summed E-state index contributed by atoms with van der Waals surface area (Å²) in [6.07, 6.45) is 0. The van der Waals surface area contributed by atoms with Crippen molar-refractivity contribution >= 4 is 34.1 Å². The van der Waals surface area contributed by atoms with Gasteiger partial charge in [0.15, 0.2) is 10.8 Å². The summed E-state index contributed by atoms with van der Waals surface area (Å²) >= 11 is 2.50. The molecular weight excluding hydrogens is 410 g/mol. The second-order valence-corrected chi connectivity index (χ2v) is 7.59. The fourth-order valence-corrected chi connectivity index (χ4v) is 3.93. The van der Waals surface area contributed by atoms with Crippen molar-refractivity contribution in [2.24, 2.45) is 0 Å². The second kappa shape index (κ2) is 8.05. The van der Waals surface area contributed by atoms with Gasteiger partial charge >= 0.3 is 0 Å². The molecular formula is C18H17N7O2S2. The van der Waals surface area contributed by atoms with Crippen molar-refractivity contribution in [2.45, 2.75) is 20.4 Å². The number of hydrogen-bond donors (Lipinski definition) is 1. The molecule has 0 saturated heterocycles. The molecule has 0 atom stereocenters. The van der Waals surface area contributed by atoms with E-state index in [1.165, 1.54) is 11.3 Å². The Hall–Kier alpha value is -3.18. The molecule has 0 radical (unpaired) electrons. The van der Waals surface area contributed by atoms with Crippen LogP contribution in [0.3, 0.4) is 0 Å². The highest BCUT2D eigenvalue weighted by Gasteiger charge is 2.19. The van der Waals surface area contributed by atoms with Gasteiger partial charge in [0.05, 0.1) is 48.2 Å². The molecule has 3 heterocycles. The third kappa shape index (κ3) is 4.00. The fraction of sp³-hybridized carbons (Fsp3) is 0.222. The van der Waals surface area contributed by atoms with Gasteiger partial charge in [-0.2, -0.15) is 8.75 Å². The summed E-state index contributed by atoms with van der Waals surface area (Å²) in [4.78, 5) is 17.1. The highest BCUT2D eigenvalue weighted by Crippen LogP contribution is 2.27. The van der Waals surface area contributed by atoms with Crippen LogP contribution >= 0.6 is 23.1 Å². The molecule has 1 N–H and O–H groups in total. The lowest BCUT2D eigenvalue weighted by Crippen LogP contribution is -2.14. The number of methoxy groups -OCH3 is 1. The quantitative estimate of drug-likeness (QED) is 0.503. The van der Waals surface area contributed by atoms with Crippen molar-refractivity contribution in [2.75, 3.05) is 12.4 Å². The van der Waals surface area contributed by atoms with Gasteiger partial charge in [0.25, 0.3) is 5.91 Å². The number of anilines is 1. The van der Waals surface area contributed by atoms with Crippen molar-refractivity contribution in [1.82, 2.24) is 28.7 Å². The van der Waals surface area contributed by atoms with Crippen molar-refractivity contribution in [3.05, 3.63) is 52.4 Å². The number of thiazole rings is 1. The number of rotatable bonds is 6. The van der Waals surface area contributed by atoms with E-state index in [0.29, 0.717) is 17.4 Å². The summed E-state index contributed by atoms with van der Waals surface area (Å²) in [6, 6.07) is 7.60. The smallest absolute Gasteiger partial charge is 0.279 e. The monoisotopic (exact) mass is 427 g/mol. The standard InChI is InChI=1S/C18H17N7O2S2/c1-10-14(23-29-22-10)8-25-11(2)16(21-24-25)17(26)20-18-19-15(9-28-18)12-5-4-6-13(7-12)27-3/h4-7,9H,8H2,1-3H3,(H,19,20,26). The maximum absolute atomic E-state index is 12.7. The number of carbonyl (C=O) groups excluding carboxylic acids is 1. The van der Waals surface area contributed by atoms with Crippen molar-refractivity contribution in [3.63, 3.8) is 0 Å². The molecule has 0 unspecified atom stereocenters. The number of amides is 1. The molecule has 9 nitrogen and oxygen atoms in total. The maximum Gasteiger partial charge on any atom is 0.279 e. The van der Waals surface area contributed by atoms with Gasteiger partial charge in [0, 0.05) is 10.9 Å². The first-order chi connectivity index (χ1) is 14.0. The second-order valence-electron chi connectivity index (χ2n) is 6.20. The lowest BCUT2D eigenvalue weighted by molar-refractivity contribution is 0.102. The van der Waals surface area contributed by atoms with Gasteiger partial charge in [-0.25, -0.2) is 9.67 Å². The minimum atomic E-state index is -0.353. The zero-order chi connectivity index (χ0) is 20.4. The Morgan fingerprint density at radius 3 is 2.90 bits per heavy atom. The SMILES string of the molecule is COc1cccc(-c2csc(NC(=O)c3nnn(Cc4nsnc4C)c3C)n2)c1. The van der Waals surface area contributed by atoms with E-state index < -0.39 is 0 Å². The van der Waals surface area contributed by atoms with Crippen molar-refractivity contribution in [3.8, 4) is 17.0 Å². The van der Waals surface area contributed by atoms with Crippen LogP contribution in [0.15, 0.2) is 29.6 Å².